The zero-order chi connectivity index (χ0) is 11.9. The summed E-state index contributed by atoms with van der Waals surface area (Å²) in [4.78, 5) is 14.0. The maximum Gasteiger partial charge on any atom is 0.313 e. The Morgan fingerprint density at radius 2 is 1.80 bits per heavy atom. The summed E-state index contributed by atoms with van der Waals surface area (Å²) in [6.07, 6.45) is 1.92. The molecule has 0 aromatic heterocycles. The van der Waals surface area contributed by atoms with Gasteiger partial charge in [0.1, 0.15) is 0 Å². The second-order valence-electron chi connectivity index (χ2n) is 5.88. The molecule has 0 aromatic rings. The standard InChI is InChI=1S/C12H23NO2/c1-11(2,3)9(13(4)5)12(7-8-12)10(14)15-6/h9H,7-8H2,1-6H3. The predicted octanol–water partition coefficient (Wildman–Crippen LogP) is 1.92. The Bertz CT molecular complexity index is 249. The van der Waals surface area contributed by atoms with Gasteiger partial charge in [0.15, 0.2) is 0 Å². The van der Waals surface area contributed by atoms with Crippen LogP contribution in [0, 0.1) is 10.8 Å². The summed E-state index contributed by atoms with van der Waals surface area (Å²) in [5.41, 5.74) is -0.162. The average Bonchev–Trinajstić information content (AvgIpc) is 2.81. The van der Waals surface area contributed by atoms with Crippen LogP contribution in [0.25, 0.3) is 0 Å². The van der Waals surface area contributed by atoms with Crippen molar-refractivity contribution in [3.8, 4) is 0 Å². The Kier molecular flexibility index (Phi) is 3.15. The van der Waals surface area contributed by atoms with Gasteiger partial charge in [0.05, 0.1) is 12.5 Å². The molecule has 1 atom stereocenters. The van der Waals surface area contributed by atoms with Crippen molar-refractivity contribution in [3.05, 3.63) is 0 Å². The van der Waals surface area contributed by atoms with Crippen molar-refractivity contribution in [1.82, 2.24) is 4.90 Å². The van der Waals surface area contributed by atoms with Gasteiger partial charge in [-0.15, -0.1) is 0 Å². The number of hydrogen-bond acceptors (Lipinski definition) is 3. The van der Waals surface area contributed by atoms with Gasteiger partial charge < -0.3 is 9.64 Å². The fourth-order valence-corrected chi connectivity index (χ4v) is 3.02. The maximum atomic E-state index is 11.8. The highest BCUT2D eigenvalue weighted by atomic mass is 16.5. The first kappa shape index (κ1) is 12.5. The molecule has 1 aliphatic rings. The molecule has 1 rings (SSSR count). The molecule has 0 bridgehead atoms. The Morgan fingerprint density at radius 1 is 1.33 bits per heavy atom. The summed E-state index contributed by atoms with van der Waals surface area (Å²) in [6, 6.07) is 0.248. The third-order valence-electron chi connectivity index (χ3n) is 3.24. The summed E-state index contributed by atoms with van der Waals surface area (Å²) in [7, 11) is 5.57. The maximum absolute atomic E-state index is 11.8. The number of ether oxygens (including phenoxy) is 1. The van der Waals surface area contributed by atoms with Gasteiger partial charge in [-0.3, -0.25) is 4.79 Å². The molecule has 88 valence electrons. The van der Waals surface area contributed by atoms with Crippen LogP contribution in [0.5, 0.6) is 0 Å². The highest BCUT2D eigenvalue weighted by molar-refractivity contribution is 5.81. The molecule has 1 aliphatic carbocycles. The van der Waals surface area contributed by atoms with Crippen LogP contribution in [0.15, 0.2) is 0 Å². The molecule has 0 amide bonds. The van der Waals surface area contributed by atoms with E-state index in [4.69, 9.17) is 4.74 Å². The third kappa shape index (κ3) is 2.17. The molecule has 0 aromatic carbocycles. The Morgan fingerprint density at radius 3 is 2.00 bits per heavy atom. The molecule has 0 N–H and O–H groups in total. The molecule has 1 unspecified atom stereocenters. The van der Waals surface area contributed by atoms with Crippen LogP contribution >= 0.6 is 0 Å². The summed E-state index contributed by atoms with van der Waals surface area (Å²) in [5.74, 6) is -0.0453. The van der Waals surface area contributed by atoms with Crippen molar-refractivity contribution in [2.24, 2.45) is 10.8 Å². The molecule has 0 spiro atoms. The number of nitrogens with zero attached hydrogens (tertiary/aromatic N) is 1. The van der Waals surface area contributed by atoms with Crippen LogP contribution in [-0.2, 0) is 9.53 Å². The molecule has 3 nitrogen and oxygen atoms in total. The van der Waals surface area contributed by atoms with Gasteiger partial charge in [0, 0.05) is 6.04 Å². The summed E-state index contributed by atoms with van der Waals surface area (Å²) >= 11 is 0. The highest BCUT2D eigenvalue weighted by Gasteiger charge is 2.60. The van der Waals surface area contributed by atoms with Crippen LogP contribution in [0.3, 0.4) is 0 Å². The smallest absolute Gasteiger partial charge is 0.313 e. The van der Waals surface area contributed by atoms with Crippen LogP contribution in [0.1, 0.15) is 33.6 Å². The Balaban J connectivity index is 2.96. The topological polar surface area (TPSA) is 29.5 Å². The number of esters is 1. The van der Waals surface area contributed by atoms with E-state index >= 15 is 0 Å². The van der Waals surface area contributed by atoms with Crippen molar-refractivity contribution in [2.45, 2.75) is 39.7 Å². The monoisotopic (exact) mass is 213 g/mol. The molecule has 0 aliphatic heterocycles. The SMILES string of the molecule is COC(=O)C1(C(N(C)C)C(C)(C)C)CC1. The summed E-state index contributed by atoms with van der Waals surface area (Å²) in [5, 5.41) is 0. The van der Waals surface area contributed by atoms with E-state index in [9.17, 15) is 4.79 Å². The van der Waals surface area contributed by atoms with Gasteiger partial charge >= 0.3 is 5.97 Å². The van der Waals surface area contributed by atoms with E-state index in [1.54, 1.807) is 0 Å². The third-order valence-corrected chi connectivity index (χ3v) is 3.24. The van der Waals surface area contributed by atoms with E-state index in [0.29, 0.717) is 0 Å². The number of hydrogen-bond donors (Lipinski definition) is 0. The van der Waals surface area contributed by atoms with Crippen molar-refractivity contribution < 1.29 is 9.53 Å². The fraction of sp³-hybridized carbons (Fsp3) is 0.917. The lowest BCUT2D eigenvalue weighted by molar-refractivity contribution is -0.152. The van der Waals surface area contributed by atoms with Crippen molar-refractivity contribution in [3.63, 3.8) is 0 Å². The first-order chi connectivity index (χ1) is 6.75. The molecule has 0 saturated heterocycles. The average molecular weight is 213 g/mol. The van der Waals surface area contributed by atoms with E-state index in [2.05, 4.69) is 25.7 Å². The van der Waals surface area contributed by atoms with Crippen molar-refractivity contribution in [1.29, 1.82) is 0 Å². The van der Waals surface area contributed by atoms with Gasteiger partial charge in [-0.25, -0.2) is 0 Å². The molecule has 3 heteroatoms. The van der Waals surface area contributed by atoms with Crippen molar-refractivity contribution >= 4 is 5.97 Å². The Hall–Kier alpha value is -0.570. The van der Waals surface area contributed by atoms with E-state index in [-0.39, 0.29) is 22.8 Å². The zero-order valence-corrected chi connectivity index (χ0v) is 10.8. The minimum Gasteiger partial charge on any atom is -0.469 e. The van der Waals surface area contributed by atoms with Crippen LogP contribution < -0.4 is 0 Å². The van der Waals surface area contributed by atoms with Crippen LogP contribution in [0.4, 0.5) is 0 Å². The number of carbonyl (C=O) groups excluding carboxylic acids is 1. The summed E-state index contributed by atoms with van der Waals surface area (Å²) in [6.45, 7) is 6.54. The van der Waals surface area contributed by atoms with Gasteiger partial charge in [-0.2, -0.15) is 0 Å². The number of carbonyl (C=O) groups is 1. The quantitative estimate of drug-likeness (QED) is 0.671. The van der Waals surface area contributed by atoms with Crippen LogP contribution in [0.2, 0.25) is 0 Å². The lowest BCUT2D eigenvalue weighted by Crippen LogP contribution is -2.49. The lowest BCUT2D eigenvalue weighted by atomic mass is 9.76. The Labute approximate surface area is 92.8 Å². The van der Waals surface area contributed by atoms with E-state index < -0.39 is 0 Å². The largest absolute Gasteiger partial charge is 0.469 e. The normalized spacial score (nSPS) is 21.3. The van der Waals surface area contributed by atoms with Gasteiger partial charge in [0.2, 0.25) is 0 Å². The van der Waals surface area contributed by atoms with Crippen molar-refractivity contribution in [2.75, 3.05) is 21.2 Å². The molecule has 0 heterocycles. The van der Waals surface area contributed by atoms with E-state index in [0.717, 1.165) is 12.8 Å². The first-order valence-electron chi connectivity index (χ1n) is 5.50. The fourth-order valence-electron chi connectivity index (χ4n) is 3.02. The summed E-state index contributed by atoms with van der Waals surface area (Å²) < 4.78 is 4.94. The molecule has 0 radical (unpaired) electrons. The van der Waals surface area contributed by atoms with Gasteiger partial charge in [-0.1, -0.05) is 20.8 Å². The minimum atomic E-state index is -0.253. The van der Waals surface area contributed by atoms with Gasteiger partial charge in [0.25, 0.3) is 0 Å². The zero-order valence-electron chi connectivity index (χ0n) is 10.8. The van der Waals surface area contributed by atoms with E-state index in [1.165, 1.54) is 7.11 Å². The second-order valence-corrected chi connectivity index (χ2v) is 5.88. The first-order valence-corrected chi connectivity index (χ1v) is 5.50. The molecular weight excluding hydrogens is 190 g/mol. The predicted molar refractivity (Wildman–Crippen MR) is 60.6 cm³/mol. The second kappa shape index (κ2) is 3.78. The minimum absolute atomic E-state index is 0.0453. The highest BCUT2D eigenvalue weighted by Crippen LogP contribution is 2.55. The number of rotatable bonds is 3. The molecule has 15 heavy (non-hydrogen) atoms. The molecule has 1 saturated carbocycles. The molecular formula is C12H23NO2. The molecule has 1 fully saturated rings. The van der Waals surface area contributed by atoms with Gasteiger partial charge in [-0.05, 0) is 32.4 Å². The van der Waals surface area contributed by atoms with E-state index in [1.807, 2.05) is 14.1 Å². The van der Waals surface area contributed by atoms with Crippen LogP contribution in [-0.4, -0.2) is 38.1 Å². The lowest BCUT2D eigenvalue weighted by Gasteiger charge is -2.40. The number of methoxy groups -OCH3 is 1.